The molecule has 0 unspecified atom stereocenters. The number of nitrogens with zero attached hydrogens (tertiary/aromatic N) is 6. The summed E-state index contributed by atoms with van der Waals surface area (Å²) >= 11 is 3.50. The van der Waals surface area contributed by atoms with Crippen LogP contribution >= 0.6 is 15.9 Å². The number of nitrogens with one attached hydrogen (secondary N) is 1. The summed E-state index contributed by atoms with van der Waals surface area (Å²) < 4.78 is 2.74. The molecule has 0 saturated carbocycles. The Bertz CT molecular complexity index is 1040. The number of hydrogen-bond donors (Lipinski definition) is 1. The van der Waals surface area contributed by atoms with Gasteiger partial charge in [-0.05, 0) is 59.2 Å². The Kier molecular flexibility index (Phi) is 5.98. The number of rotatable bonds is 4. The lowest BCUT2D eigenvalue weighted by atomic mass is 10.1. The lowest BCUT2D eigenvalue weighted by Gasteiger charge is -2.34. The van der Waals surface area contributed by atoms with Crippen molar-refractivity contribution in [1.29, 1.82) is 0 Å². The molecule has 0 spiro atoms. The van der Waals surface area contributed by atoms with E-state index in [1.807, 2.05) is 42.2 Å². The van der Waals surface area contributed by atoms with Crippen molar-refractivity contribution in [2.24, 2.45) is 0 Å². The van der Waals surface area contributed by atoms with Gasteiger partial charge in [0.1, 0.15) is 0 Å². The van der Waals surface area contributed by atoms with Crippen molar-refractivity contribution in [1.82, 2.24) is 25.1 Å². The lowest BCUT2D eigenvalue weighted by molar-refractivity contribution is 0.208. The molecule has 1 N–H and O–H groups in total. The van der Waals surface area contributed by atoms with E-state index in [4.69, 9.17) is 0 Å². The highest BCUT2D eigenvalue weighted by Crippen LogP contribution is 2.22. The standard InChI is InChI=1S/C21H24BrN7O/c1-3-16-5-4-6-18(13-16)29-20(24-25-26-29)27-9-11-28(12-10-27)21(30)23-17-8-7-15(2)19(22)14-17/h4-8,13-14H,3,9-12H2,1-2H3,(H,23,30). The van der Waals surface area contributed by atoms with E-state index in [9.17, 15) is 4.79 Å². The van der Waals surface area contributed by atoms with Crippen molar-refractivity contribution in [3.63, 3.8) is 0 Å². The first-order chi connectivity index (χ1) is 14.5. The van der Waals surface area contributed by atoms with E-state index in [0.717, 1.165) is 27.8 Å². The smallest absolute Gasteiger partial charge is 0.321 e. The van der Waals surface area contributed by atoms with Crippen LogP contribution in [0.5, 0.6) is 0 Å². The minimum Gasteiger partial charge on any atom is -0.336 e. The largest absolute Gasteiger partial charge is 0.336 e. The third-order valence-corrected chi connectivity index (χ3v) is 6.14. The number of tetrazole rings is 1. The molecule has 0 bridgehead atoms. The maximum Gasteiger partial charge on any atom is 0.321 e. The maximum atomic E-state index is 12.7. The molecule has 0 radical (unpaired) electrons. The molecule has 2 aromatic carbocycles. The van der Waals surface area contributed by atoms with E-state index >= 15 is 0 Å². The molecule has 4 rings (SSSR count). The average Bonchev–Trinajstić information content (AvgIpc) is 3.26. The Morgan fingerprint density at radius 2 is 1.93 bits per heavy atom. The molecule has 1 aliphatic rings. The number of aromatic nitrogens is 4. The molecule has 1 aromatic heterocycles. The summed E-state index contributed by atoms with van der Waals surface area (Å²) in [4.78, 5) is 16.6. The van der Waals surface area contributed by atoms with Gasteiger partial charge < -0.3 is 15.1 Å². The normalized spacial score (nSPS) is 14.1. The number of carbonyl (C=O) groups excluding carboxylic acids is 1. The third kappa shape index (κ3) is 4.30. The van der Waals surface area contributed by atoms with Gasteiger partial charge in [-0.25, -0.2) is 4.79 Å². The molecule has 30 heavy (non-hydrogen) atoms. The zero-order chi connectivity index (χ0) is 21.1. The number of hydrogen-bond acceptors (Lipinski definition) is 5. The Morgan fingerprint density at radius 1 is 1.13 bits per heavy atom. The summed E-state index contributed by atoms with van der Waals surface area (Å²) in [5, 5.41) is 15.3. The van der Waals surface area contributed by atoms with Crippen LogP contribution in [0.15, 0.2) is 46.9 Å². The molecule has 1 fully saturated rings. The summed E-state index contributed by atoms with van der Waals surface area (Å²) in [6, 6.07) is 13.9. The fraction of sp³-hybridized carbons (Fsp3) is 0.333. The summed E-state index contributed by atoms with van der Waals surface area (Å²) in [5.41, 5.74) is 4.08. The molecule has 156 valence electrons. The van der Waals surface area contributed by atoms with Crippen LogP contribution in [0.2, 0.25) is 0 Å². The lowest BCUT2D eigenvalue weighted by Crippen LogP contribution is -2.50. The van der Waals surface area contributed by atoms with Crippen molar-refractivity contribution in [3.8, 4) is 5.69 Å². The number of carbonyl (C=O) groups is 1. The van der Waals surface area contributed by atoms with Crippen molar-refractivity contribution in [2.45, 2.75) is 20.3 Å². The second-order valence-corrected chi connectivity index (χ2v) is 8.14. The first-order valence-electron chi connectivity index (χ1n) is 10.00. The average molecular weight is 470 g/mol. The van der Waals surface area contributed by atoms with Gasteiger partial charge in [0.25, 0.3) is 0 Å². The number of aryl methyl sites for hydroxylation is 2. The van der Waals surface area contributed by atoms with E-state index < -0.39 is 0 Å². The Labute approximate surface area is 184 Å². The fourth-order valence-corrected chi connectivity index (χ4v) is 3.82. The molecule has 2 amide bonds. The topological polar surface area (TPSA) is 79.2 Å². The highest BCUT2D eigenvalue weighted by Gasteiger charge is 2.25. The molecule has 0 aliphatic carbocycles. The summed E-state index contributed by atoms with van der Waals surface area (Å²) in [7, 11) is 0. The molecule has 8 nitrogen and oxygen atoms in total. The maximum absolute atomic E-state index is 12.7. The van der Waals surface area contributed by atoms with E-state index in [1.54, 1.807) is 4.68 Å². The second-order valence-electron chi connectivity index (χ2n) is 7.28. The van der Waals surface area contributed by atoms with Crippen molar-refractivity contribution >= 4 is 33.6 Å². The van der Waals surface area contributed by atoms with Crippen LogP contribution in [0.4, 0.5) is 16.4 Å². The molecule has 2 heterocycles. The minimum atomic E-state index is -0.0966. The van der Waals surface area contributed by atoms with Gasteiger partial charge in [-0.15, -0.1) is 0 Å². The quantitative estimate of drug-likeness (QED) is 0.630. The summed E-state index contributed by atoms with van der Waals surface area (Å²) in [5.74, 6) is 0.700. The zero-order valence-electron chi connectivity index (χ0n) is 17.0. The van der Waals surface area contributed by atoms with Crippen molar-refractivity contribution < 1.29 is 4.79 Å². The van der Waals surface area contributed by atoms with Crippen LogP contribution in [0, 0.1) is 6.92 Å². The van der Waals surface area contributed by atoms with Crippen LogP contribution in [0.1, 0.15) is 18.1 Å². The number of benzene rings is 2. The first-order valence-corrected chi connectivity index (χ1v) is 10.8. The van der Waals surface area contributed by atoms with E-state index in [1.165, 1.54) is 5.56 Å². The summed E-state index contributed by atoms with van der Waals surface area (Å²) in [6.45, 7) is 6.67. The number of amides is 2. The molecule has 1 aliphatic heterocycles. The predicted octanol–water partition coefficient (Wildman–Crippen LogP) is 3.65. The predicted molar refractivity (Wildman–Crippen MR) is 120 cm³/mol. The number of urea groups is 1. The van der Waals surface area contributed by atoms with Crippen LogP contribution in [0.3, 0.4) is 0 Å². The minimum absolute atomic E-state index is 0.0966. The number of anilines is 2. The second kappa shape index (κ2) is 8.83. The fourth-order valence-electron chi connectivity index (χ4n) is 3.44. The van der Waals surface area contributed by atoms with Crippen LogP contribution in [-0.2, 0) is 6.42 Å². The third-order valence-electron chi connectivity index (χ3n) is 5.29. The van der Waals surface area contributed by atoms with Crippen molar-refractivity contribution in [2.75, 3.05) is 36.4 Å². The van der Waals surface area contributed by atoms with Gasteiger partial charge >= 0.3 is 6.03 Å². The summed E-state index contributed by atoms with van der Waals surface area (Å²) in [6.07, 6.45) is 0.955. The van der Waals surface area contributed by atoms with Gasteiger partial charge in [-0.3, -0.25) is 0 Å². The molecular formula is C21H24BrN7O. The van der Waals surface area contributed by atoms with E-state index in [2.05, 4.69) is 60.7 Å². The monoisotopic (exact) mass is 469 g/mol. The van der Waals surface area contributed by atoms with E-state index in [0.29, 0.717) is 32.1 Å². The first kappa shape index (κ1) is 20.3. The molecule has 9 heteroatoms. The number of halogens is 1. The molecule has 0 atom stereocenters. The molecular weight excluding hydrogens is 446 g/mol. The Morgan fingerprint density at radius 3 is 2.67 bits per heavy atom. The SMILES string of the molecule is CCc1cccc(-n2nnnc2N2CCN(C(=O)Nc3ccc(C)c(Br)c3)CC2)c1. The molecule has 1 saturated heterocycles. The van der Waals surface area contributed by atoms with Gasteiger partial charge in [-0.2, -0.15) is 4.68 Å². The van der Waals surface area contributed by atoms with Crippen LogP contribution in [-0.4, -0.2) is 57.3 Å². The van der Waals surface area contributed by atoms with Crippen LogP contribution < -0.4 is 10.2 Å². The van der Waals surface area contributed by atoms with E-state index in [-0.39, 0.29) is 6.03 Å². The molecule has 3 aromatic rings. The van der Waals surface area contributed by atoms with Gasteiger partial charge in [-0.1, -0.05) is 46.2 Å². The Hall–Kier alpha value is -2.94. The zero-order valence-corrected chi connectivity index (χ0v) is 18.6. The number of piperazine rings is 1. The highest BCUT2D eigenvalue weighted by atomic mass is 79.9. The highest BCUT2D eigenvalue weighted by molar-refractivity contribution is 9.10. The van der Waals surface area contributed by atoms with Crippen LogP contribution in [0.25, 0.3) is 5.69 Å². The Balaban J connectivity index is 1.41. The van der Waals surface area contributed by atoms with Gasteiger partial charge in [0.05, 0.1) is 5.69 Å². The van der Waals surface area contributed by atoms with Gasteiger partial charge in [0.2, 0.25) is 5.95 Å². The van der Waals surface area contributed by atoms with Gasteiger partial charge in [0.15, 0.2) is 0 Å². The van der Waals surface area contributed by atoms with Crippen molar-refractivity contribution in [3.05, 3.63) is 58.1 Å². The van der Waals surface area contributed by atoms with Gasteiger partial charge in [0, 0.05) is 36.3 Å².